The third-order valence-corrected chi connectivity index (χ3v) is 5.38. The van der Waals surface area contributed by atoms with E-state index in [-0.39, 0.29) is 11.7 Å². The summed E-state index contributed by atoms with van der Waals surface area (Å²) in [6.45, 7) is 0. The molecule has 4 rings (SSSR count). The van der Waals surface area contributed by atoms with Gasteiger partial charge in [-0.3, -0.25) is 13.9 Å². The number of hydrogen-bond donors (Lipinski definition) is 1. The van der Waals surface area contributed by atoms with Crippen molar-refractivity contribution in [2.45, 2.75) is 5.16 Å². The minimum atomic E-state index is -0.152. The van der Waals surface area contributed by atoms with Crippen LogP contribution in [0.4, 0.5) is 5.69 Å². The van der Waals surface area contributed by atoms with Gasteiger partial charge in [0.2, 0.25) is 11.9 Å². The minimum Gasteiger partial charge on any atom is -0.497 e. The molecule has 9 heteroatoms. The molecule has 0 spiro atoms. The van der Waals surface area contributed by atoms with E-state index in [0.29, 0.717) is 22.5 Å². The van der Waals surface area contributed by atoms with Crippen LogP contribution in [0.5, 0.6) is 11.5 Å². The van der Waals surface area contributed by atoms with Crippen LogP contribution in [-0.4, -0.2) is 45.2 Å². The summed E-state index contributed by atoms with van der Waals surface area (Å²) in [5, 5.41) is 12.1. The summed E-state index contributed by atoms with van der Waals surface area (Å²) in [4.78, 5) is 12.5. The molecule has 0 radical (unpaired) electrons. The molecule has 2 aromatic carbocycles. The van der Waals surface area contributed by atoms with Crippen molar-refractivity contribution < 1.29 is 14.3 Å². The molecule has 8 nitrogen and oxygen atoms in total. The summed E-state index contributed by atoms with van der Waals surface area (Å²) in [6, 6.07) is 18.7. The summed E-state index contributed by atoms with van der Waals surface area (Å²) in [5.41, 5.74) is 1.51. The van der Waals surface area contributed by atoms with E-state index in [1.807, 2.05) is 76.1 Å². The highest BCUT2D eigenvalue weighted by molar-refractivity contribution is 7.99. The second kappa shape index (κ2) is 9.40. The lowest BCUT2D eigenvalue weighted by molar-refractivity contribution is -0.113. The van der Waals surface area contributed by atoms with Crippen LogP contribution >= 0.6 is 11.8 Å². The first-order valence-electron chi connectivity index (χ1n) is 9.48. The molecule has 0 saturated heterocycles. The van der Waals surface area contributed by atoms with Crippen LogP contribution in [-0.2, 0) is 4.79 Å². The van der Waals surface area contributed by atoms with Gasteiger partial charge in [-0.05, 0) is 36.4 Å². The van der Waals surface area contributed by atoms with Gasteiger partial charge in [-0.15, -0.1) is 10.2 Å². The molecule has 2 heterocycles. The Kier molecular flexibility index (Phi) is 6.23. The van der Waals surface area contributed by atoms with Crippen molar-refractivity contribution in [2.24, 2.45) is 0 Å². The first kappa shape index (κ1) is 20.5. The van der Waals surface area contributed by atoms with E-state index < -0.39 is 0 Å². The van der Waals surface area contributed by atoms with Crippen LogP contribution in [0.2, 0.25) is 0 Å². The second-order valence-corrected chi connectivity index (χ2v) is 7.42. The van der Waals surface area contributed by atoms with Crippen molar-refractivity contribution in [3.63, 3.8) is 0 Å². The lowest BCUT2D eigenvalue weighted by Gasteiger charge is -2.12. The smallest absolute Gasteiger partial charge is 0.240 e. The Morgan fingerprint density at radius 2 is 1.68 bits per heavy atom. The van der Waals surface area contributed by atoms with Gasteiger partial charge in [-0.2, -0.15) is 0 Å². The zero-order valence-corrected chi connectivity index (χ0v) is 17.9. The van der Waals surface area contributed by atoms with Crippen LogP contribution in [0.15, 0.2) is 78.2 Å². The molecular weight excluding hydrogens is 414 g/mol. The minimum absolute atomic E-state index is 0.152. The standard InChI is InChI=1S/C22H21N5O3S/c1-29-18-9-5-7-16(13-18)23-20(28)15-31-22-25-24-21(26-11-3-4-12-26)27(22)17-8-6-10-19(14-17)30-2/h3-14H,15H2,1-2H3,(H,23,28). The Bertz CT molecular complexity index is 1170. The van der Waals surface area contributed by atoms with Crippen molar-refractivity contribution in [2.75, 3.05) is 25.3 Å². The number of methoxy groups -OCH3 is 2. The molecule has 0 unspecified atom stereocenters. The average Bonchev–Trinajstić information content (AvgIpc) is 3.47. The van der Waals surface area contributed by atoms with Crippen molar-refractivity contribution in [1.82, 2.24) is 19.3 Å². The van der Waals surface area contributed by atoms with E-state index in [4.69, 9.17) is 9.47 Å². The summed E-state index contributed by atoms with van der Waals surface area (Å²) < 4.78 is 14.3. The normalized spacial score (nSPS) is 10.6. The lowest BCUT2D eigenvalue weighted by atomic mass is 10.3. The quantitative estimate of drug-likeness (QED) is 0.424. The van der Waals surface area contributed by atoms with Crippen molar-refractivity contribution in [3.8, 4) is 23.1 Å². The fourth-order valence-corrected chi connectivity index (χ4v) is 3.74. The second-order valence-electron chi connectivity index (χ2n) is 6.48. The van der Waals surface area contributed by atoms with Gasteiger partial charge in [0.25, 0.3) is 0 Å². The summed E-state index contributed by atoms with van der Waals surface area (Å²) in [7, 11) is 3.21. The Labute approximate surface area is 183 Å². The summed E-state index contributed by atoms with van der Waals surface area (Å²) in [6.07, 6.45) is 3.79. The Morgan fingerprint density at radius 3 is 2.42 bits per heavy atom. The first-order chi connectivity index (χ1) is 15.2. The van der Waals surface area contributed by atoms with E-state index in [1.165, 1.54) is 11.8 Å². The van der Waals surface area contributed by atoms with E-state index >= 15 is 0 Å². The molecule has 0 aliphatic heterocycles. The maximum Gasteiger partial charge on any atom is 0.240 e. The molecule has 0 bridgehead atoms. The van der Waals surface area contributed by atoms with Gasteiger partial charge in [0.1, 0.15) is 11.5 Å². The number of ether oxygens (including phenoxy) is 2. The van der Waals surface area contributed by atoms with Crippen molar-refractivity contribution >= 4 is 23.4 Å². The molecule has 1 N–H and O–H groups in total. The van der Waals surface area contributed by atoms with Crippen LogP contribution in [0.25, 0.3) is 11.6 Å². The number of benzene rings is 2. The maximum atomic E-state index is 12.5. The SMILES string of the molecule is COc1cccc(NC(=O)CSc2nnc(-n3cccc3)n2-c2cccc(OC)c2)c1. The first-order valence-corrected chi connectivity index (χ1v) is 10.5. The highest BCUT2D eigenvalue weighted by atomic mass is 32.2. The Morgan fingerprint density at radius 1 is 0.968 bits per heavy atom. The fraction of sp³-hybridized carbons (Fsp3) is 0.136. The zero-order chi connectivity index (χ0) is 21.6. The number of carbonyl (C=O) groups is 1. The molecule has 0 aliphatic rings. The van der Waals surface area contributed by atoms with Crippen LogP contribution in [0.1, 0.15) is 0 Å². The predicted octanol–water partition coefficient (Wildman–Crippen LogP) is 3.81. The molecule has 2 aromatic heterocycles. The van der Waals surface area contributed by atoms with E-state index in [2.05, 4.69) is 15.5 Å². The number of rotatable bonds is 8. The van der Waals surface area contributed by atoms with Gasteiger partial charge >= 0.3 is 0 Å². The molecule has 0 atom stereocenters. The fourth-order valence-electron chi connectivity index (χ4n) is 2.99. The topological polar surface area (TPSA) is 83.2 Å². The number of aromatic nitrogens is 4. The molecule has 158 valence electrons. The number of thioether (sulfide) groups is 1. The molecule has 31 heavy (non-hydrogen) atoms. The molecule has 0 fully saturated rings. The number of nitrogens with zero attached hydrogens (tertiary/aromatic N) is 4. The van der Waals surface area contributed by atoms with E-state index in [9.17, 15) is 4.79 Å². The van der Waals surface area contributed by atoms with Gasteiger partial charge < -0.3 is 14.8 Å². The molecule has 0 saturated carbocycles. The molecule has 0 aliphatic carbocycles. The third-order valence-electron chi connectivity index (χ3n) is 4.45. The van der Waals surface area contributed by atoms with Crippen LogP contribution < -0.4 is 14.8 Å². The summed E-state index contributed by atoms with van der Waals surface area (Å²) >= 11 is 1.30. The van der Waals surface area contributed by atoms with Gasteiger partial charge in [0.05, 0.1) is 25.7 Å². The Balaban J connectivity index is 1.57. The van der Waals surface area contributed by atoms with Crippen molar-refractivity contribution in [1.29, 1.82) is 0 Å². The summed E-state index contributed by atoms with van der Waals surface area (Å²) in [5.74, 6) is 2.04. The number of anilines is 1. The highest BCUT2D eigenvalue weighted by Gasteiger charge is 2.17. The number of amides is 1. The zero-order valence-electron chi connectivity index (χ0n) is 17.1. The number of hydrogen-bond acceptors (Lipinski definition) is 6. The molecular formula is C22H21N5O3S. The molecule has 1 amide bonds. The predicted molar refractivity (Wildman–Crippen MR) is 120 cm³/mol. The van der Waals surface area contributed by atoms with Crippen molar-refractivity contribution in [3.05, 3.63) is 73.1 Å². The van der Waals surface area contributed by atoms with Gasteiger partial charge in [-0.1, -0.05) is 23.9 Å². The van der Waals surface area contributed by atoms with E-state index in [0.717, 1.165) is 11.4 Å². The van der Waals surface area contributed by atoms with Crippen LogP contribution in [0, 0.1) is 0 Å². The van der Waals surface area contributed by atoms with Gasteiger partial charge in [0, 0.05) is 30.2 Å². The largest absolute Gasteiger partial charge is 0.497 e. The monoisotopic (exact) mass is 435 g/mol. The lowest BCUT2D eigenvalue weighted by Crippen LogP contribution is -2.14. The molecule has 4 aromatic rings. The van der Waals surface area contributed by atoms with Crippen LogP contribution in [0.3, 0.4) is 0 Å². The number of nitrogens with one attached hydrogen (secondary N) is 1. The highest BCUT2D eigenvalue weighted by Crippen LogP contribution is 2.26. The number of carbonyl (C=O) groups excluding carboxylic acids is 1. The third kappa shape index (κ3) is 4.72. The Hall–Kier alpha value is -3.72. The van der Waals surface area contributed by atoms with Gasteiger partial charge in [-0.25, -0.2) is 0 Å². The average molecular weight is 436 g/mol. The van der Waals surface area contributed by atoms with Gasteiger partial charge in [0.15, 0.2) is 5.16 Å². The maximum absolute atomic E-state index is 12.5. The van der Waals surface area contributed by atoms with E-state index in [1.54, 1.807) is 20.3 Å².